The molecule has 6 rings (SSSR count). The van der Waals surface area contributed by atoms with E-state index in [0.29, 0.717) is 0 Å². The van der Waals surface area contributed by atoms with E-state index in [-0.39, 0.29) is 17.7 Å². The van der Waals surface area contributed by atoms with Crippen LogP contribution in [0.5, 0.6) is 0 Å². The molecule has 3 aromatic carbocycles. The van der Waals surface area contributed by atoms with Gasteiger partial charge in [0.25, 0.3) is 0 Å². The first-order valence-corrected chi connectivity index (χ1v) is 13.3. The fourth-order valence-electron chi connectivity index (χ4n) is 4.96. The molecule has 0 bridgehead atoms. The van der Waals surface area contributed by atoms with Crippen LogP contribution in [-0.2, 0) is 0 Å². The van der Waals surface area contributed by atoms with Crippen LogP contribution in [0.4, 0.5) is 8.78 Å². The van der Waals surface area contributed by atoms with Gasteiger partial charge in [-0.3, -0.25) is 4.90 Å². The summed E-state index contributed by atoms with van der Waals surface area (Å²) in [6, 6.07) is 21.4. The highest BCUT2D eigenvalue weighted by atomic mass is 79.9. The third-order valence-electron chi connectivity index (χ3n) is 6.56. The number of benzene rings is 3. The third kappa shape index (κ3) is 4.36. The molecule has 0 N–H and O–H groups in total. The van der Waals surface area contributed by atoms with Gasteiger partial charge in [-0.05, 0) is 77.4 Å². The van der Waals surface area contributed by atoms with Crippen molar-refractivity contribution < 1.29 is 8.78 Å². The lowest BCUT2D eigenvalue weighted by molar-refractivity contribution is 0.344. The van der Waals surface area contributed by atoms with Gasteiger partial charge in [-0.25, -0.2) is 13.8 Å². The van der Waals surface area contributed by atoms with E-state index in [9.17, 15) is 8.78 Å². The Morgan fingerprint density at radius 2 is 1.58 bits per heavy atom. The van der Waals surface area contributed by atoms with Crippen molar-refractivity contribution >= 4 is 44.6 Å². The average molecular weight is 562 g/mol. The van der Waals surface area contributed by atoms with Gasteiger partial charge in [0, 0.05) is 23.0 Å². The van der Waals surface area contributed by atoms with E-state index in [1.165, 1.54) is 24.3 Å². The topological polar surface area (TPSA) is 18.8 Å². The summed E-state index contributed by atoms with van der Waals surface area (Å²) in [5.74, 6) is -0.508. The Hall–Kier alpha value is -3.00. The minimum absolute atomic E-state index is 0.127. The van der Waals surface area contributed by atoms with Crippen LogP contribution >= 0.6 is 27.7 Å². The van der Waals surface area contributed by atoms with Crippen molar-refractivity contribution in [2.24, 2.45) is 4.99 Å². The first-order valence-electron chi connectivity index (χ1n) is 11.6. The van der Waals surface area contributed by atoms with Gasteiger partial charge in [-0.2, -0.15) is 0 Å². The van der Waals surface area contributed by atoms with E-state index < -0.39 is 0 Å². The van der Waals surface area contributed by atoms with Gasteiger partial charge in [0.05, 0.1) is 17.4 Å². The van der Waals surface area contributed by atoms with Crippen molar-refractivity contribution in [1.82, 2.24) is 9.80 Å². The quantitative estimate of drug-likeness (QED) is 0.330. The van der Waals surface area contributed by atoms with Gasteiger partial charge >= 0.3 is 0 Å². The zero-order chi connectivity index (χ0) is 24.8. The van der Waals surface area contributed by atoms with Gasteiger partial charge in [-0.1, -0.05) is 64.1 Å². The molecule has 36 heavy (non-hydrogen) atoms. The van der Waals surface area contributed by atoms with Crippen LogP contribution in [0.15, 0.2) is 105 Å². The number of aliphatic imine (C=N–C) groups is 1. The zero-order valence-corrected chi connectivity index (χ0v) is 21.9. The summed E-state index contributed by atoms with van der Waals surface area (Å²) in [5.41, 5.74) is 7.33. The number of fused-ring (bicyclic) bond motifs is 1. The smallest absolute Gasteiger partial charge is 0.174 e. The second-order valence-corrected chi connectivity index (χ2v) is 10.9. The molecule has 0 spiro atoms. The lowest BCUT2D eigenvalue weighted by Gasteiger charge is -2.42. The maximum atomic E-state index is 13.9. The van der Waals surface area contributed by atoms with E-state index in [0.717, 1.165) is 62.0 Å². The van der Waals surface area contributed by atoms with Gasteiger partial charge in [0.2, 0.25) is 0 Å². The molecule has 0 amide bonds. The Labute approximate surface area is 221 Å². The molecule has 3 heterocycles. The van der Waals surface area contributed by atoms with E-state index in [2.05, 4.69) is 56.4 Å². The number of thioether (sulfide) groups is 1. The van der Waals surface area contributed by atoms with Crippen LogP contribution in [0.2, 0.25) is 0 Å². The number of hydrogen-bond donors (Lipinski definition) is 0. The molecule has 0 saturated carbocycles. The van der Waals surface area contributed by atoms with E-state index in [1.807, 2.05) is 24.3 Å². The molecule has 3 aliphatic rings. The lowest BCUT2D eigenvalue weighted by Crippen LogP contribution is -2.40. The molecular formula is C29H22BrF2N3S. The summed E-state index contributed by atoms with van der Waals surface area (Å²) < 4.78 is 28.4. The molecule has 0 aliphatic carbocycles. The summed E-state index contributed by atoms with van der Waals surface area (Å²) in [6.45, 7) is 1.48. The number of halogens is 3. The maximum Gasteiger partial charge on any atom is 0.174 e. The molecule has 3 aromatic rings. The summed E-state index contributed by atoms with van der Waals surface area (Å²) in [7, 11) is 2.09. The van der Waals surface area contributed by atoms with E-state index in [1.54, 1.807) is 23.9 Å². The first-order chi connectivity index (χ1) is 17.5. The maximum absolute atomic E-state index is 13.9. The number of likely N-dealkylation sites (N-methyl/N-ethyl adjacent to an activating group) is 1. The fraction of sp³-hybridized carbons (Fsp3) is 0.138. The van der Waals surface area contributed by atoms with Crippen LogP contribution in [0, 0.1) is 11.6 Å². The van der Waals surface area contributed by atoms with Crippen LogP contribution in [0.3, 0.4) is 0 Å². The Balaban J connectivity index is 1.50. The normalized spacial score (nSPS) is 20.8. The third-order valence-corrected chi connectivity index (χ3v) is 7.93. The highest BCUT2D eigenvalue weighted by Gasteiger charge is 2.41. The summed E-state index contributed by atoms with van der Waals surface area (Å²) in [5, 5.41) is 3.04. The molecule has 0 saturated heterocycles. The number of nitrogens with zero attached hydrogens (tertiary/aromatic N) is 3. The van der Waals surface area contributed by atoms with Crippen molar-refractivity contribution in [3.63, 3.8) is 0 Å². The second-order valence-electron chi connectivity index (χ2n) is 9.11. The molecule has 3 nitrogen and oxygen atoms in total. The van der Waals surface area contributed by atoms with Crippen LogP contribution < -0.4 is 0 Å². The van der Waals surface area contributed by atoms with Gasteiger partial charge in [-0.15, -0.1) is 0 Å². The minimum atomic E-state index is -0.255. The Morgan fingerprint density at radius 1 is 0.917 bits per heavy atom. The lowest BCUT2D eigenvalue weighted by atomic mass is 9.88. The van der Waals surface area contributed by atoms with Gasteiger partial charge < -0.3 is 4.90 Å². The van der Waals surface area contributed by atoms with Gasteiger partial charge in [0.15, 0.2) is 5.17 Å². The number of amidine groups is 1. The molecule has 0 fully saturated rings. The van der Waals surface area contributed by atoms with E-state index in [4.69, 9.17) is 4.99 Å². The van der Waals surface area contributed by atoms with Crippen molar-refractivity contribution in [1.29, 1.82) is 0 Å². The van der Waals surface area contributed by atoms with Crippen molar-refractivity contribution in [3.05, 3.63) is 128 Å². The molecular weight excluding hydrogens is 540 g/mol. The van der Waals surface area contributed by atoms with Crippen LogP contribution in [-0.4, -0.2) is 35.1 Å². The molecule has 0 radical (unpaired) electrons. The minimum Gasteiger partial charge on any atom is -0.308 e. The van der Waals surface area contributed by atoms with E-state index >= 15 is 0 Å². The Morgan fingerprint density at radius 3 is 2.28 bits per heavy atom. The highest BCUT2D eigenvalue weighted by Crippen LogP contribution is 2.49. The molecule has 0 aromatic heterocycles. The van der Waals surface area contributed by atoms with Crippen molar-refractivity contribution in [3.8, 4) is 0 Å². The molecule has 3 aliphatic heterocycles. The predicted octanol–water partition coefficient (Wildman–Crippen LogP) is 7.47. The standard InChI is InChI=1S/C29H22BrF2N3S/c1-34-15-21(14-18-2-10-23(31)11-3-18)27-25(16-34)28(20-6-12-24(32)13-7-20)35-26(17-36-29(35)33-27)19-4-8-22(30)9-5-19/h2-14,17,28H,15-16H2,1H3/b21-14+/t28-/m0/s1. The molecule has 7 heteroatoms. The summed E-state index contributed by atoms with van der Waals surface area (Å²) in [4.78, 5) is 9.70. The Kier molecular flexibility index (Phi) is 6.15. The molecule has 1 atom stereocenters. The average Bonchev–Trinajstić information content (AvgIpc) is 3.29. The number of rotatable bonds is 3. The zero-order valence-electron chi connectivity index (χ0n) is 19.5. The molecule has 0 unspecified atom stereocenters. The SMILES string of the molecule is CN1CC2=C(N=C3SC=C(c4ccc(Br)cc4)N3[C@H]2c2ccc(F)cc2)/C(=C/c2ccc(F)cc2)C1. The molecule has 180 valence electrons. The fourth-order valence-corrected chi connectivity index (χ4v) is 6.15. The second kappa shape index (κ2) is 9.47. The highest BCUT2D eigenvalue weighted by molar-refractivity contribution is 9.10. The predicted molar refractivity (Wildman–Crippen MR) is 147 cm³/mol. The first kappa shape index (κ1) is 23.4. The summed E-state index contributed by atoms with van der Waals surface area (Å²) in [6.07, 6.45) is 2.09. The number of hydrogen-bond acceptors (Lipinski definition) is 4. The van der Waals surface area contributed by atoms with Crippen LogP contribution in [0.25, 0.3) is 11.8 Å². The monoisotopic (exact) mass is 561 g/mol. The Bertz CT molecular complexity index is 1440. The van der Waals surface area contributed by atoms with Crippen molar-refractivity contribution in [2.75, 3.05) is 20.1 Å². The summed E-state index contributed by atoms with van der Waals surface area (Å²) >= 11 is 5.14. The van der Waals surface area contributed by atoms with Gasteiger partial charge in [0.1, 0.15) is 11.6 Å². The van der Waals surface area contributed by atoms with Crippen molar-refractivity contribution in [2.45, 2.75) is 6.04 Å². The van der Waals surface area contributed by atoms with Crippen LogP contribution in [0.1, 0.15) is 22.7 Å². The largest absolute Gasteiger partial charge is 0.308 e.